The van der Waals surface area contributed by atoms with E-state index in [0.29, 0.717) is 9.97 Å². The zero-order valence-electron chi connectivity index (χ0n) is 19.4. The summed E-state index contributed by atoms with van der Waals surface area (Å²) in [5.74, 6) is -0.474. The largest absolute Gasteiger partial charge is 0.387 e. The zero-order chi connectivity index (χ0) is 25.9. The van der Waals surface area contributed by atoms with Crippen molar-refractivity contribution in [1.82, 2.24) is 14.3 Å². The minimum Gasteiger partial charge on any atom is -0.387 e. The average molecular weight is 533 g/mol. The standard InChI is InChI=1S/C27H21FN4O3S2/c28-19-11-9-17(10-12-19)16-32-26(35)22(37-27(32)36)14-20-24(29-15-21(33)18-6-2-1-3-7-18)30-23-8-4-5-13-31(23)25(20)34/h1-14,21,29,33H,15-16H2/b22-14-/t21-/m1/s1. The topological polar surface area (TPSA) is 86.9 Å². The molecule has 2 aromatic heterocycles. The number of halogens is 1. The van der Waals surface area contributed by atoms with Crippen LogP contribution < -0.4 is 10.9 Å². The van der Waals surface area contributed by atoms with Gasteiger partial charge in [-0.05, 0) is 41.5 Å². The van der Waals surface area contributed by atoms with E-state index in [1.54, 1.807) is 36.5 Å². The first-order valence-corrected chi connectivity index (χ1v) is 12.6. The van der Waals surface area contributed by atoms with Crippen LogP contribution in [-0.2, 0) is 11.3 Å². The summed E-state index contributed by atoms with van der Waals surface area (Å²) in [4.78, 5) is 32.9. The number of amides is 1. The lowest BCUT2D eigenvalue weighted by atomic mass is 10.1. The van der Waals surface area contributed by atoms with Gasteiger partial charge in [0, 0.05) is 12.7 Å². The maximum atomic E-state index is 13.4. The average Bonchev–Trinajstić information content (AvgIpc) is 3.18. The molecule has 186 valence electrons. The van der Waals surface area contributed by atoms with E-state index in [0.717, 1.165) is 22.9 Å². The fourth-order valence-electron chi connectivity index (χ4n) is 3.89. The summed E-state index contributed by atoms with van der Waals surface area (Å²) >= 11 is 6.51. The van der Waals surface area contributed by atoms with Gasteiger partial charge in [0.15, 0.2) is 0 Å². The number of hydrogen-bond acceptors (Lipinski definition) is 7. The number of carbonyl (C=O) groups excluding carboxylic acids is 1. The van der Waals surface area contributed by atoms with Gasteiger partial charge in [-0.1, -0.05) is 72.5 Å². The maximum Gasteiger partial charge on any atom is 0.267 e. The van der Waals surface area contributed by atoms with Gasteiger partial charge in [-0.3, -0.25) is 18.9 Å². The molecule has 0 radical (unpaired) electrons. The van der Waals surface area contributed by atoms with Gasteiger partial charge >= 0.3 is 0 Å². The highest BCUT2D eigenvalue weighted by Crippen LogP contribution is 2.34. The van der Waals surface area contributed by atoms with Gasteiger partial charge in [-0.25, -0.2) is 9.37 Å². The van der Waals surface area contributed by atoms with E-state index in [4.69, 9.17) is 12.2 Å². The van der Waals surface area contributed by atoms with Crippen LogP contribution in [0.15, 0.2) is 88.7 Å². The second-order valence-corrected chi connectivity index (χ2v) is 9.99. The highest BCUT2D eigenvalue weighted by atomic mass is 32.2. The molecular formula is C27H21FN4O3S2. The SMILES string of the molecule is O=C1/C(=C/c2c(NC[C@@H](O)c3ccccc3)nc3ccccn3c2=O)SC(=S)N1Cc1ccc(F)cc1. The van der Waals surface area contributed by atoms with E-state index >= 15 is 0 Å². The number of rotatable bonds is 7. The van der Waals surface area contributed by atoms with Crippen LogP contribution in [0, 0.1) is 5.82 Å². The Hall–Kier alpha value is -3.86. The smallest absolute Gasteiger partial charge is 0.267 e. The maximum absolute atomic E-state index is 13.4. The van der Waals surface area contributed by atoms with Crippen molar-refractivity contribution in [1.29, 1.82) is 0 Å². The lowest BCUT2D eigenvalue weighted by Crippen LogP contribution is -2.27. The number of fused-ring (bicyclic) bond motifs is 1. The van der Waals surface area contributed by atoms with Crippen LogP contribution in [0.3, 0.4) is 0 Å². The predicted octanol–water partition coefficient (Wildman–Crippen LogP) is 4.38. The van der Waals surface area contributed by atoms with Gasteiger partial charge in [-0.15, -0.1) is 0 Å². The second kappa shape index (κ2) is 10.6. The summed E-state index contributed by atoms with van der Waals surface area (Å²) in [6, 6.07) is 20.2. The number of benzene rings is 2. The summed E-state index contributed by atoms with van der Waals surface area (Å²) in [6.45, 7) is 0.289. The third-order valence-electron chi connectivity index (χ3n) is 5.82. The number of aliphatic hydroxyl groups excluding tert-OH is 1. The molecule has 1 aliphatic rings. The van der Waals surface area contributed by atoms with Crippen LogP contribution in [0.25, 0.3) is 11.7 Å². The Morgan fingerprint density at radius 3 is 2.54 bits per heavy atom. The predicted molar refractivity (Wildman–Crippen MR) is 146 cm³/mol. The molecule has 0 aliphatic carbocycles. The number of nitrogens with zero attached hydrogens (tertiary/aromatic N) is 3. The number of anilines is 1. The van der Waals surface area contributed by atoms with Gasteiger partial charge in [0.25, 0.3) is 11.5 Å². The van der Waals surface area contributed by atoms with Gasteiger partial charge in [0.2, 0.25) is 0 Å². The number of aliphatic hydroxyl groups is 1. The molecule has 0 unspecified atom stereocenters. The Bertz CT molecular complexity index is 1570. The molecule has 1 aliphatic heterocycles. The lowest BCUT2D eigenvalue weighted by molar-refractivity contribution is -0.122. The van der Waals surface area contributed by atoms with Crippen LogP contribution in [0.4, 0.5) is 10.2 Å². The van der Waals surface area contributed by atoms with Crippen LogP contribution in [0.1, 0.15) is 22.8 Å². The van der Waals surface area contributed by atoms with Gasteiger partial charge in [0.05, 0.1) is 23.1 Å². The van der Waals surface area contributed by atoms with E-state index in [2.05, 4.69) is 10.3 Å². The fraction of sp³-hybridized carbons (Fsp3) is 0.111. The molecule has 1 atom stereocenters. The van der Waals surface area contributed by atoms with Crippen molar-refractivity contribution in [3.63, 3.8) is 0 Å². The molecule has 1 saturated heterocycles. The normalized spacial score (nSPS) is 15.5. The Kier molecular flexibility index (Phi) is 7.13. The summed E-state index contributed by atoms with van der Waals surface area (Å²) in [5, 5.41) is 13.7. The van der Waals surface area contributed by atoms with Crippen molar-refractivity contribution in [3.05, 3.63) is 117 Å². The first kappa shape index (κ1) is 24.8. The highest BCUT2D eigenvalue weighted by molar-refractivity contribution is 8.26. The van der Waals surface area contributed by atoms with E-state index < -0.39 is 6.10 Å². The Labute approximate surface area is 221 Å². The van der Waals surface area contributed by atoms with Crippen molar-refractivity contribution in [2.45, 2.75) is 12.6 Å². The fourth-order valence-corrected chi connectivity index (χ4v) is 5.13. The third-order valence-corrected chi connectivity index (χ3v) is 7.20. The van der Waals surface area contributed by atoms with Gasteiger partial charge < -0.3 is 10.4 Å². The molecule has 0 bridgehead atoms. The molecule has 1 amide bonds. The number of pyridine rings is 1. The number of carbonyl (C=O) groups is 1. The number of thioether (sulfide) groups is 1. The molecule has 2 N–H and O–H groups in total. The number of hydrogen-bond donors (Lipinski definition) is 2. The van der Waals surface area contributed by atoms with Crippen LogP contribution >= 0.6 is 24.0 Å². The lowest BCUT2D eigenvalue weighted by Gasteiger charge is -2.15. The number of thiocarbonyl (C=S) groups is 1. The van der Waals surface area contributed by atoms with E-state index in [1.165, 1.54) is 27.5 Å². The van der Waals surface area contributed by atoms with Crippen LogP contribution in [0.5, 0.6) is 0 Å². The molecule has 1 fully saturated rings. The van der Waals surface area contributed by atoms with E-state index in [-0.39, 0.29) is 46.7 Å². The third kappa shape index (κ3) is 5.31. The number of aromatic nitrogens is 2. The molecule has 0 saturated carbocycles. The first-order chi connectivity index (χ1) is 17.9. The molecule has 7 nitrogen and oxygen atoms in total. The summed E-state index contributed by atoms with van der Waals surface area (Å²) in [6.07, 6.45) is 2.25. The van der Waals surface area contributed by atoms with Crippen molar-refractivity contribution >= 4 is 51.7 Å². The Morgan fingerprint density at radius 2 is 1.78 bits per heavy atom. The first-order valence-electron chi connectivity index (χ1n) is 11.4. The quantitative estimate of drug-likeness (QED) is 0.270. The van der Waals surface area contributed by atoms with E-state index in [9.17, 15) is 19.1 Å². The van der Waals surface area contributed by atoms with Gasteiger partial charge in [-0.2, -0.15) is 0 Å². The summed E-state index contributed by atoms with van der Waals surface area (Å²) in [7, 11) is 0. The monoisotopic (exact) mass is 532 g/mol. The molecule has 5 rings (SSSR count). The van der Waals surface area contributed by atoms with Crippen molar-refractivity contribution < 1.29 is 14.3 Å². The summed E-state index contributed by atoms with van der Waals surface area (Å²) in [5.41, 5.74) is 1.67. The number of nitrogens with one attached hydrogen (secondary N) is 1. The molecule has 2 aromatic carbocycles. The Balaban J connectivity index is 1.47. The summed E-state index contributed by atoms with van der Waals surface area (Å²) < 4.78 is 15.0. The molecule has 0 spiro atoms. The zero-order valence-corrected chi connectivity index (χ0v) is 21.0. The molecule has 4 aromatic rings. The van der Waals surface area contributed by atoms with Gasteiger partial charge in [0.1, 0.15) is 21.6 Å². The second-order valence-electron chi connectivity index (χ2n) is 8.31. The molecule has 37 heavy (non-hydrogen) atoms. The Morgan fingerprint density at radius 1 is 1.05 bits per heavy atom. The highest BCUT2D eigenvalue weighted by Gasteiger charge is 2.32. The minimum atomic E-state index is -0.834. The van der Waals surface area contributed by atoms with Crippen molar-refractivity contribution in [2.24, 2.45) is 0 Å². The van der Waals surface area contributed by atoms with E-state index in [1.807, 2.05) is 30.3 Å². The van der Waals surface area contributed by atoms with Crippen LogP contribution in [0.2, 0.25) is 0 Å². The van der Waals surface area contributed by atoms with Crippen molar-refractivity contribution in [3.8, 4) is 0 Å². The molecule has 3 heterocycles. The van der Waals surface area contributed by atoms with Crippen molar-refractivity contribution in [2.75, 3.05) is 11.9 Å². The van der Waals surface area contributed by atoms with Crippen LogP contribution in [-0.4, -0.2) is 36.2 Å². The molecule has 10 heteroatoms. The minimum absolute atomic E-state index is 0.103. The molecular weight excluding hydrogens is 511 g/mol.